The van der Waals surface area contributed by atoms with Gasteiger partial charge in [-0.2, -0.15) is 0 Å². The first-order valence-electron chi connectivity index (χ1n) is 9.65. The van der Waals surface area contributed by atoms with Crippen molar-refractivity contribution in [1.29, 1.82) is 0 Å². The number of hydrogen-bond donors (Lipinski definition) is 1. The number of thiophene rings is 1. The van der Waals surface area contributed by atoms with Crippen LogP contribution in [0.5, 0.6) is 0 Å². The van der Waals surface area contributed by atoms with Gasteiger partial charge in [0.15, 0.2) is 11.0 Å². The van der Waals surface area contributed by atoms with Crippen molar-refractivity contribution in [3.63, 3.8) is 0 Å². The van der Waals surface area contributed by atoms with E-state index in [9.17, 15) is 4.79 Å². The highest BCUT2D eigenvalue weighted by Gasteiger charge is 2.30. The Morgan fingerprint density at radius 3 is 2.79 bits per heavy atom. The Labute approximate surface area is 173 Å². The van der Waals surface area contributed by atoms with Crippen LogP contribution in [0.2, 0.25) is 0 Å². The maximum Gasteiger partial charge on any atom is 0.230 e. The molecule has 0 unspecified atom stereocenters. The molecule has 1 atom stereocenters. The Kier molecular flexibility index (Phi) is 6.12. The number of nitrogens with one attached hydrogen (secondary N) is 1. The minimum Gasteiger partial charge on any atom is -0.353 e. The van der Waals surface area contributed by atoms with Crippen molar-refractivity contribution < 1.29 is 4.79 Å². The standard InChI is InChI=1S/C21H24N4OS2/c1-15(9-10-16-6-3-2-4-7-16)22-19(26)14-28-21-24-23-20(18-8-5-13-27-18)25(21)17-11-12-17/h2-8,13,15,17H,9-12,14H2,1H3,(H,22,26)/t15-/m0/s1. The first-order chi connectivity index (χ1) is 13.7. The molecule has 0 bridgehead atoms. The lowest BCUT2D eigenvalue weighted by Gasteiger charge is -2.14. The van der Waals surface area contributed by atoms with E-state index < -0.39 is 0 Å². The van der Waals surface area contributed by atoms with Crippen molar-refractivity contribution in [3.8, 4) is 10.7 Å². The Bertz CT molecular complexity index is 904. The molecule has 1 N–H and O–H groups in total. The van der Waals surface area contributed by atoms with E-state index in [1.54, 1.807) is 11.3 Å². The van der Waals surface area contributed by atoms with E-state index in [1.165, 1.54) is 17.3 Å². The zero-order valence-electron chi connectivity index (χ0n) is 15.9. The molecule has 1 aliphatic carbocycles. The van der Waals surface area contributed by atoms with Crippen molar-refractivity contribution in [1.82, 2.24) is 20.1 Å². The van der Waals surface area contributed by atoms with Crippen molar-refractivity contribution in [2.75, 3.05) is 5.75 Å². The van der Waals surface area contributed by atoms with Gasteiger partial charge < -0.3 is 5.32 Å². The lowest BCUT2D eigenvalue weighted by molar-refractivity contribution is -0.119. The first kappa shape index (κ1) is 19.2. The molecule has 1 aliphatic rings. The highest BCUT2D eigenvalue weighted by molar-refractivity contribution is 7.99. The molecule has 2 heterocycles. The molecule has 1 amide bonds. The van der Waals surface area contributed by atoms with Gasteiger partial charge in [-0.3, -0.25) is 9.36 Å². The van der Waals surface area contributed by atoms with Crippen LogP contribution < -0.4 is 5.32 Å². The fraction of sp³-hybridized carbons (Fsp3) is 0.381. The van der Waals surface area contributed by atoms with E-state index in [-0.39, 0.29) is 11.9 Å². The third-order valence-electron chi connectivity index (χ3n) is 4.77. The Balaban J connectivity index is 1.30. The molecule has 0 aliphatic heterocycles. The number of benzene rings is 1. The second kappa shape index (κ2) is 8.92. The Morgan fingerprint density at radius 2 is 2.07 bits per heavy atom. The van der Waals surface area contributed by atoms with Gasteiger partial charge in [-0.15, -0.1) is 21.5 Å². The second-order valence-electron chi connectivity index (χ2n) is 7.17. The molecule has 28 heavy (non-hydrogen) atoms. The Hall–Kier alpha value is -2.12. The fourth-order valence-electron chi connectivity index (χ4n) is 3.16. The summed E-state index contributed by atoms with van der Waals surface area (Å²) in [7, 11) is 0. The zero-order chi connectivity index (χ0) is 19.3. The number of rotatable bonds is 9. The molecule has 1 saturated carbocycles. The number of amides is 1. The summed E-state index contributed by atoms with van der Waals surface area (Å²) >= 11 is 3.15. The predicted octanol–water partition coefficient (Wildman–Crippen LogP) is 4.57. The summed E-state index contributed by atoms with van der Waals surface area (Å²) < 4.78 is 2.21. The van der Waals surface area contributed by atoms with E-state index in [2.05, 4.69) is 62.7 Å². The largest absolute Gasteiger partial charge is 0.353 e. The Morgan fingerprint density at radius 1 is 1.25 bits per heavy atom. The van der Waals surface area contributed by atoms with Crippen LogP contribution in [-0.4, -0.2) is 32.5 Å². The van der Waals surface area contributed by atoms with E-state index in [0.29, 0.717) is 11.8 Å². The van der Waals surface area contributed by atoms with Gasteiger partial charge in [-0.1, -0.05) is 48.2 Å². The van der Waals surface area contributed by atoms with Crippen LogP contribution in [-0.2, 0) is 11.2 Å². The van der Waals surface area contributed by atoms with Gasteiger partial charge in [0.05, 0.1) is 10.6 Å². The minimum atomic E-state index is 0.0496. The van der Waals surface area contributed by atoms with Crippen LogP contribution in [0, 0.1) is 0 Å². The third-order valence-corrected chi connectivity index (χ3v) is 6.58. The van der Waals surface area contributed by atoms with Gasteiger partial charge >= 0.3 is 0 Å². The number of carbonyl (C=O) groups is 1. The van der Waals surface area contributed by atoms with Crippen LogP contribution in [0.3, 0.4) is 0 Å². The molecule has 4 rings (SSSR count). The van der Waals surface area contributed by atoms with Crippen molar-refractivity contribution in [2.45, 2.75) is 49.8 Å². The maximum absolute atomic E-state index is 12.4. The van der Waals surface area contributed by atoms with Gasteiger partial charge in [0.25, 0.3) is 0 Å². The van der Waals surface area contributed by atoms with Crippen molar-refractivity contribution in [3.05, 3.63) is 53.4 Å². The summed E-state index contributed by atoms with van der Waals surface area (Å²) in [5, 5.41) is 14.8. The molecular weight excluding hydrogens is 388 g/mol. The van der Waals surface area contributed by atoms with Crippen LogP contribution >= 0.6 is 23.1 Å². The minimum absolute atomic E-state index is 0.0496. The first-order valence-corrected chi connectivity index (χ1v) is 11.5. The smallest absolute Gasteiger partial charge is 0.230 e. The highest BCUT2D eigenvalue weighted by atomic mass is 32.2. The number of hydrogen-bond acceptors (Lipinski definition) is 5. The molecular formula is C21H24N4OS2. The third kappa shape index (κ3) is 4.83. The van der Waals surface area contributed by atoms with Crippen LogP contribution in [0.15, 0.2) is 53.0 Å². The molecule has 0 saturated heterocycles. The van der Waals surface area contributed by atoms with E-state index >= 15 is 0 Å². The van der Waals surface area contributed by atoms with Crippen LogP contribution in [0.4, 0.5) is 0 Å². The van der Waals surface area contributed by atoms with Crippen molar-refractivity contribution in [2.24, 2.45) is 0 Å². The highest BCUT2D eigenvalue weighted by Crippen LogP contribution is 2.41. The van der Waals surface area contributed by atoms with Gasteiger partial charge in [0, 0.05) is 12.1 Å². The van der Waals surface area contributed by atoms with Crippen LogP contribution in [0.1, 0.15) is 37.8 Å². The summed E-state index contributed by atoms with van der Waals surface area (Å²) in [5.74, 6) is 1.34. The number of nitrogens with zero attached hydrogens (tertiary/aromatic N) is 3. The van der Waals surface area contributed by atoms with E-state index in [1.807, 2.05) is 12.1 Å². The van der Waals surface area contributed by atoms with E-state index in [4.69, 9.17) is 0 Å². The van der Waals surface area contributed by atoms with Crippen molar-refractivity contribution >= 4 is 29.0 Å². The lowest BCUT2D eigenvalue weighted by Crippen LogP contribution is -2.34. The summed E-state index contributed by atoms with van der Waals surface area (Å²) in [6.45, 7) is 2.06. The molecule has 3 aromatic rings. The summed E-state index contributed by atoms with van der Waals surface area (Å²) in [6.07, 6.45) is 4.22. The SMILES string of the molecule is C[C@@H](CCc1ccccc1)NC(=O)CSc1nnc(-c2cccs2)n1C1CC1. The summed E-state index contributed by atoms with van der Waals surface area (Å²) in [5.41, 5.74) is 1.30. The number of carbonyl (C=O) groups excluding carboxylic acids is 1. The molecule has 5 nitrogen and oxygen atoms in total. The summed E-state index contributed by atoms with van der Waals surface area (Å²) in [4.78, 5) is 13.5. The van der Waals surface area contributed by atoms with Gasteiger partial charge in [-0.05, 0) is 49.6 Å². The van der Waals surface area contributed by atoms with E-state index in [0.717, 1.165) is 41.5 Å². The molecule has 0 radical (unpaired) electrons. The maximum atomic E-state index is 12.4. The monoisotopic (exact) mass is 412 g/mol. The number of thioether (sulfide) groups is 1. The predicted molar refractivity (Wildman–Crippen MR) is 115 cm³/mol. The summed E-state index contributed by atoms with van der Waals surface area (Å²) in [6, 6.07) is 15.1. The molecule has 0 spiro atoms. The number of aryl methyl sites for hydroxylation is 1. The molecule has 1 aromatic carbocycles. The lowest BCUT2D eigenvalue weighted by atomic mass is 10.1. The zero-order valence-corrected chi connectivity index (χ0v) is 17.5. The quantitative estimate of drug-likeness (QED) is 0.523. The topological polar surface area (TPSA) is 59.8 Å². The molecule has 146 valence electrons. The normalized spacial score (nSPS) is 14.8. The molecule has 2 aromatic heterocycles. The van der Waals surface area contributed by atoms with Crippen LogP contribution in [0.25, 0.3) is 10.7 Å². The van der Waals surface area contributed by atoms with Gasteiger partial charge in [0.2, 0.25) is 5.91 Å². The molecule has 7 heteroatoms. The van der Waals surface area contributed by atoms with Gasteiger partial charge in [-0.25, -0.2) is 0 Å². The molecule has 1 fully saturated rings. The average Bonchev–Trinajstić information content (AvgIpc) is 3.23. The fourth-order valence-corrected chi connectivity index (χ4v) is 4.68. The number of aromatic nitrogens is 3. The van der Waals surface area contributed by atoms with Gasteiger partial charge in [0.1, 0.15) is 0 Å². The second-order valence-corrected chi connectivity index (χ2v) is 9.06. The average molecular weight is 413 g/mol.